The topological polar surface area (TPSA) is 72.0 Å². The highest BCUT2D eigenvalue weighted by Crippen LogP contribution is 2.33. The first kappa shape index (κ1) is 19.3. The van der Waals surface area contributed by atoms with Crippen molar-refractivity contribution in [2.75, 3.05) is 11.5 Å². The van der Waals surface area contributed by atoms with Crippen molar-refractivity contribution >= 4 is 34.0 Å². The summed E-state index contributed by atoms with van der Waals surface area (Å²) in [6, 6.07) is 10.3. The predicted octanol–water partition coefficient (Wildman–Crippen LogP) is 5.71. The standard InChI is InChI=1S/C23H25N5S/c1-4-15(2)9-10-16(3)14-29-23-27-20(21-22(24)25-11-12-28(21)23)19-13-17-7-5-6-8-18(17)26-19/h4-13,16,26H,14H2,1-3H3,(H2,24,25)/b10-9-,15-4-. The van der Waals surface area contributed by atoms with Crippen molar-refractivity contribution in [3.8, 4) is 11.4 Å². The smallest absolute Gasteiger partial charge is 0.173 e. The molecule has 29 heavy (non-hydrogen) atoms. The molecule has 0 amide bonds. The van der Waals surface area contributed by atoms with Crippen LogP contribution in [-0.2, 0) is 0 Å². The van der Waals surface area contributed by atoms with E-state index in [-0.39, 0.29) is 0 Å². The van der Waals surface area contributed by atoms with Crippen molar-refractivity contribution in [1.29, 1.82) is 0 Å². The first-order chi connectivity index (χ1) is 14.1. The molecule has 3 aromatic heterocycles. The van der Waals surface area contributed by atoms with Gasteiger partial charge < -0.3 is 10.7 Å². The predicted molar refractivity (Wildman–Crippen MR) is 123 cm³/mol. The van der Waals surface area contributed by atoms with E-state index in [1.54, 1.807) is 18.0 Å². The van der Waals surface area contributed by atoms with E-state index >= 15 is 0 Å². The second-order valence-electron chi connectivity index (χ2n) is 7.22. The molecule has 0 bridgehead atoms. The minimum absolute atomic E-state index is 0.429. The maximum atomic E-state index is 6.24. The van der Waals surface area contributed by atoms with Gasteiger partial charge in [0, 0.05) is 29.0 Å². The van der Waals surface area contributed by atoms with Gasteiger partial charge in [-0.1, -0.05) is 60.7 Å². The number of hydrogen-bond acceptors (Lipinski definition) is 4. The van der Waals surface area contributed by atoms with E-state index in [0.717, 1.165) is 38.7 Å². The number of aromatic amines is 1. The van der Waals surface area contributed by atoms with Crippen LogP contribution in [0.15, 0.2) is 71.7 Å². The summed E-state index contributed by atoms with van der Waals surface area (Å²) in [6.45, 7) is 6.39. The Balaban J connectivity index is 1.69. The summed E-state index contributed by atoms with van der Waals surface area (Å²) in [4.78, 5) is 12.7. The summed E-state index contributed by atoms with van der Waals surface area (Å²) < 4.78 is 2.04. The van der Waals surface area contributed by atoms with E-state index in [2.05, 4.69) is 67.2 Å². The number of benzene rings is 1. The maximum absolute atomic E-state index is 6.24. The molecule has 6 heteroatoms. The molecular formula is C23H25N5S. The molecule has 1 atom stereocenters. The van der Waals surface area contributed by atoms with E-state index in [4.69, 9.17) is 10.7 Å². The van der Waals surface area contributed by atoms with Gasteiger partial charge in [0.2, 0.25) is 0 Å². The highest BCUT2D eigenvalue weighted by atomic mass is 32.2. The number of imidazole rings is 1. The van der Waals surface area contributed by atoms with Gasteiger partial charge in [0.25, 0.3) is 0 Å². The largest absolute Gasteiger partial charge is 0.382 e. The average Bonchev–Trinajstić information content (AvgIpc) is 3.32. The third-order valence-electron chi connectivity index (χ3n) is 4.95. The van der Waals surface area contributed by atoms with Crippen LogP contribution < -0.4 is 5.73 Å². The molecule has 0 saturated heterocycles. The van der Waals surface area contributed by atoms with Crippen LogP contribution >= 0.6 is 11.8 Å². The number of nitrogens with two attached hydrogens (primary N) is 1. The third kappa shape index (κ3) is 3.93. The van der Waals surface area contributed by atoms with E-state index in [0.29, 0.717) is 11.7 Å². The Morgan fingerprint density at radius 1 is 1.34 bits per heavy atom. The molecule has 4 aromatic rings. The number of H-pyrrole nitrogens is 1. The number of aromatic nitrogens is 4. The quantitative estimate of drug-likeness (QED) is 0.319. The lowest BCUT2D eigenvalue weighted by atomic mass is 10.1. The first-order valence-electron chi connectivity index (χ1n) is 9.71. The molecular weight excluding hydrogens is 378 g/mol. The highest BCUT2D eigenvalue weighted by molar-refractivity contribution is 7.99. The molecule has 0 aliphatic heterocycles. The Morgan fingerprint density at radius 3 is 2.97 bits per heavy atom. The zero-order chi connectivity index (χ0) is 20.4. The first-order valence-corrected chi connectivity index (χ1v) is 10.7. The van der Waals surface area contributed by atoms with Crippen molar-refractivity contribution < 1.29 is 0 Å². The molecule has 0 saturated carbocycles. The average molecular weight is 404 g/mol. The number of hydrogen-bond donors (Lipinski definition) is 2. The Bertz CT molecular complexity index is 1180. The SMILES string of the molecule is C/C=C(C)\C=C/C(C)CSc1nc(-c2cc3ccccc3[nH]2)c2c(N)nccn12. The van der Waals surface area contributed by atoms with Gasteiger partial charge in [0.15, 0.2) is 5.16 Å². The number of nitrogens with one attached hydrogen (secondary N) is 1. The van der Waals surface area contributed by atoms with Gasteiger partial charge in [-0.15, -0.1) is 0 Å². The fourth-order valence-corrected chi connectivity index (χ4v) is 4.17. The molecule has 0 aliphatic carbocycles. The van der Waals surface area contributed by atoms with Crippen LogP contribution in [0.5, 0.6) is 0 Å². The number of thioether (sulfide) groups is 1. The molecule has 5 nitrogen and oxygen atoms in total. The molecule has 0 aliphatic rings. The van der Waals surface area contributed by atoms with E-state index in [1.165, 1.54) is 5.57 Å². The maximum Gasteiger partial charge on any atom is 0.173 e. The summed E-state index contributed by atoms with van der Waals surface area (Å²) >= 11 is 1.73. The Morgan fingerprint density at radius 2 is 2.17 bits per heavy atom. The fourth-order valence-electron chi connectivity index (χ4n) is 3.20. The number of para-hydroxylation sites is 1. The van der Waals surface area contributed by atoms with Crippen LogP contribution in [0.4, 0.5) is 5.82 Å². The zero-order valence-corrected chi connectivity index (χ0v) is 17.7. The van der Waals surface area contributed by atoms with Crippen molar-refractivity contribution in [2.45, 2.75) is 25.9 Å². The number of fused-ring (bicyclic) bond motifs is 2. The molecule has 0 radical (unpaired) electrons. The zero-order valence-electron chi connectivity index (χ0n) is 16.9. The summed E-state index contributed by atoms with van der Waals surface area (Å²) in [5, 5.41) is 2.07. The Hall–Kier alpha value is -2.99. The van der Waals surface area contributed by atoms with Crippen LogP contribution in [0.25, 0.3) is 27.8 Å². The molecule has 4 rings (SSSR count). The van der Waals surface area contributed by atoms with Gasteiger partial charge in [-0.3, -0.25) is 4.40 Å². The lowest BCUT2D eigenvalue weighted by molar-refractivity contribution is 0.838. The summed E-state index contributed by atoms with van der Waals surface area (Å²) in [7, 11) is 0. The monoisotopic (exact) mass is 403 g/mol. The van der Waals surface area contributed by atoms with Crippen molar-refractivity contribution in [3.05, 3.63) is 66.5 Å². The van der Waals surface area contributed by atoms with E-state index < -0.39 is 0 Å². The molecule has 0 fully saturated rings. The number of allylic oxidation sites excluding steroid dienone is 4. The van der Waals surface area contributed by atoms with Crippen LogP contribution in [0.2, 0.25) is 0 Å². The van der Waals surface area contributed by atoms with E-state index in [9.17, 15) is 0 Å². The summed E-state index contributed by atoms with van der Waals surface area (Å²) in [5.74, 6) is 1.84. The van der Waals surface area contributed by atoms with Crippen LogP contribution in [0, 0.1) is 5.92 Å². The molecule has 0 spiro atoms. The van der Waals surface area contributed by atoms with Gasteiger partial charge in [-0.2, -0.15) is 0 Å². The molecule has 1 unspecified atom stereocenters. The molecule has 3 N–H and O–H groups in total. The van der Waals surface area contributed by atoms with Gasteiger partial charge >= 0.3 is 0 Å². The number of nitrogens with zero attached hydrogens (tertiary/aromatic N) is 3. The number of anilines is 1. The Labute approximate surface area is 174 Å². The lowest BCUT2D eigenvalue weighted by Crippen LogP contribution is -1.98. The Kier molecular flexibility index (Phi) is 5.45. The van der Waals surface area contributed by atoms with Crippen LogP contribution in [0.1, 0.15) is 20.8 Å². The third-order valence-corrected chi connectivity index (χ3v) is 6.19. The second-order valence-corrected chi connectivity index (χ2v) is 8.21. The normalized spacial score (nSPS) is 13.7. The minimum atomic E-state index is 0.429. The molecule has 1 aromatic carbocycles. The van der Waals surface area contributed by atoms with Crippen molar-refractivity contribution in [2.24, 2.45) is 5.92 Å². The van der Waals surface area contributed by atoms with Gasteiger partial charge in [0.1, 0.15) is 17.0 Å². The second kappa shape index (κ2) is 8.17. The summed E-state index contributed by atoms with van der Waals surface area (Å²) in [6.07, 6.45) is 10.2. The van der Waals surface area contributed by atoms with Crippen molar-refractivity contribution in [3.63, 3.8) is 0 Å². The van der Waals surface area contributed by atoms with Gasteiger partial charge in [-0.25, -0.2) is 9.97 Å². The van der Waals surface area contributed by atoms with Crippen molar-refractivity contribution in [1.82, 2.24) is 19.4 Å². The summed E-state index contributed by atoms with van der Waals surface area (Å²) in [5.41, 5.74) is 11.2. The van der Waals surface area contributed by atoms with Crippen LogP contribution in [-0.4, -0.2) is 25.1 Å². The molecule has 148 valence electrons. The minimum Gasteiger partial charge on any atom is -0.382 e. The van der Waals surface area contributed by atoms with E-state index in [1.807, 2.05) is 22.7 Å². The fraction of sp³-hybridized carbons (Fsp3) is 0.217. The lowest BCUT2D eigenvalue weighted by Gasteiger charge is -2.05. The van der Waals surface area contributed by atoms with Gasteiger partial charge in [-0.05, 0) is 31.9 Å². The number of nitrogen functional groups attached to an aromatic ring is 1. The van der Waals surface area contributed by atoms with Gasteiger partial charge in [0.05, 0.1) is 5.69 Å². The van der Waals surface area contributed by atoms with Crippen LogP contribution in [0.3, 0.4) is 0 Å². The molecule has 3 heterocycles. The number of rotatable bonds is 6. The highest BCUT2D eigenvalue weighted by Gasteiger charge is 2.18.